The summed E-state index contributed by atoms with van der Waals surface area (Å²) in [7, 11) is 0. The van der Waals surface area contributed by atoms with Crippen LogP contribution in [-0.4, -0.2) is 19.2 Å². The third-order valence-electron chi connectivity index (χ3n) is 3.38. The molecule has 0 bridgehead atoms. The highest BCUT2D eigenvalue weighted by atomic mass is 19.4. The predicted octanol–water partition coefficient (Wildman–Crippen LogP) is 3.98. The minimum Gasteiger partial charge on any atom is -0.482 e. The van der Waals surface area contributed by atoms with E-state index < -0.39 is 24.3 Å². The van der Waals surface area contributed by atoms with E-state index in [-0.39, 0.29) is 5.75 Å². The number of hydrogen-bond acceptors (Lipinski definition) is 3. The summed E-state index contributed by atoms with van der Waals surface area (Å²) >= 11 is 0. The Morgan fingerprint density at radius 3 is 2.77 bits per heavy atom. The number of carbonyl (C=O) groups is 1. The van der Waals surface area contributed by atoms with E-state index in [1.54, 1.807) is 0 Å². The third kappa shape index (κ3) is 5.09. The van der Waals surface area contributed by atoms with Crippen molar-refractivity contribution in [2.45, 2.75) is 25.4 Å². The van der Waals surface area contributed by atoms with Crippen molar-refractivity contribution in [2.75, 3.05) is 13.2 Å². The van der Waals surface area contributed by atoms with Crippen LogP contribution in [0.3, 0.4) is 0 Å². The second kappa shape index (κ2) is 7.33. The molecule has 0 saturated heterocycles. The van der Waals surface area contributed by atoms with Gasteiger partial charge in [-0.2, -0.15) is 13.2 Å². The summed E-state index contributed by atoms with van der Waals surface area (Å²) < 4.78 is 47.8. The molecule has 0 saturated carbocycles. The Kier molecular flexibility index (Phi) is 5.46. The van der Waals surface area contributed by atoms with Crippen molar-refractivity contribution >= 4 is 5.97 Å². The lowest BCUT2D eigenvalue weighted by atomic mass is 9.95. The number of esters is 1. The van der Waals surface area contributed by atoms with Crippen LogP contribution in [-0.2, 0) is 15.7 Å². The minimum absolute atomic E-state index is 0.00706. The van der Waals surface area contributed by atoms with Gasteiger partial charge in [0.25, 0.3) is 0 Å². The molecule has 0 N–H and O–H groups in total. The van der Waals surface area contributed by atoms with E-state index in [1.165, 1.54) is 12.1 Å². The van der Waals surface area contributed by atoms with Crippen molar-refractivity contribution in [3.05, 3.63) is 42.0 Å². The summed E-state index contributed by atoms with van der Waals surface area (Å²) in [5.41, 5.74) is -0.813. The van der Waals surface area contributed by atoms with Gasteiger partial charge in [0.2, 0.25) is 0 Å². The molecule has 1 atom stereocenters. The molecule has 3 nitrogen and oxygen atoms in total. The maximum Gasteiger partial charge on any atom is 0.416 e. The van der Waals surface area contributed by atoms with Crippen LogP contribution in [0.1, 0.15) is 24.8 Å². The molecule has 22 heavy (non-hydrogen) atoms. The summed E-state index contributed by atoms with van der Waals surface area (Å²) in [5.74, 6) is -0.276. The van der Waals surface area contributed by atoms with Crippen LogP contribution in [0.5, 0.6) is 5.75 Å². The van der Waals surface area contributed by atoms with E-state index in [1.807, 2.05) is 0 Å². The average Bonchev–Trinajstić information content (AvgIpc) is 2.51. The number of benzene rings is 1. The van der Waals surface area contributed by atoms with Crippen LogP contribution in [0.2, 0.25) is 0 Å². The van der Waals surface area contributed by atoms with E-state index in [0.29, 0.717) is 12.5 Å². The van der Waals surface area contributed by atoms with Crippen LogP contribution in [0.4, 0.5) is 13.2 Å². The van der Waals surface area contributed by atoms with E-state index in [9.17, 15) is 18.0 Å². The van der Waals surface area contributed by atoms with Gasteiger partial charge in [-0.25, -0.2) is 4.79 Å². The molecule has 1 aromatic rings. The number of ether oxygens (including phenoxy) is 2. The Morgan fingerprint density at radius 1 is 1.27 bits per heavy atom. The first-order valence-electron chi connectivity index (χ1n) is 7.06. The molecule has 1 unspecified atom stereocenters. The Morgan fingerprint density at radius 2 is 2.09 bits per heavy atom. The molecule has 0 amide bonds. The zero-order valence-corrected chi connectivity index (χ0v) is 11.9. The van der Waals surface area contributed by atoms with Gasteiger partial charge in [-0.3, -0.25) is 0 Å². The van der Waals surface area contributed by atoms with Gasteiger partial charge < -0.3 is 9.47 Å². The number of halogens is 3. The molecule has 0 radical (unpaired) electrons. The van der Waals surface area contributed by atoms with Gasteiger partial charge >= 0.3 is 12.1 Å². The SMILES string of the molecule is O=C(COc1cccc(C(F)(F)F)c1)OCC1CC=CCC1. The molecular formula is C16H17F3O3. The van der Waals surface area contributed by atoms with Crippen LogP contribution in [0, 0.1) is 5.92 Å². The number of allylic oxidation sites excluding steroid dienone is 2. The molecule has 0 fully saturated rings. The molecule has 6 heteroatoms. The van der Waals surface area contributed by atoms with Gasteiger partial charge in [-0.05, 0) is 43.4 Å². The normalized spacial score (nSPS) is 18.0. The molecule has 0 spiro atoms. The van der Waals surface area contributed by atoms with Crippen molar-refractivity contribution in [1.82, 2.24) is 0 Å². The second-order valence-electron chi connectivity index (χ2n) is 5.15. The summed E-state index contributed by atoms with van der Waals surface area (Å²) in [6.07, 6.45) is 2.54. The molecule has 0 aliphatic heterocycles. The fourth-order valence-electron chi connectivity index (χ4n) is 2.16. The highest BCUT2D eigenvalue weighted by molar-refractivity contribution is 5.71. The van der Waals surface area contributed by atoms with E-state index >= 15 is 0 Å². The number of alkyl halides is 3. The van der Waals surface area contributed by atoms with Crippen molar-refractivity contribution in [1.29, 1.82) is 0 Å². The minimum atomic E-state index is -4.44. The highest BCUT2D eigenvalue weighted by Crippen LogP contribution is 2.31. The highest BCUT2D eigenvalue weighted by Gasteiger charge is 2.30. The van der Waals surface area contributed by atoms with Gasteiger partial charge in [-0.1, -0.05) is 18.2 Å². The zero-order chi connectivity index (χ0) is 16.0. The third-order valence-corrected chi connectivity index (χ3v) is 3.38. The molecular weight excluding hydrogens is 297 g/mol. The molecule has 2 rings (SSSR count). The standard InChI is InChI=1S/C16H17F3O3/c17-16(18,19)13-7-4-8-14(9-13)21-11-15(20)22-10-12-5-2-1-3-6-12/h1-2,4,7-9,12H,3,5-6,10-11H2. The van der Waals surface area contributed by atoms with Gasteiger partial charge in [0.05, 0.1) is 12.2 Å². The fourth-order valence-corrected chi connectivity index (χ4v) is 2.16. The molecule has 0 heterocycles. The lowest BCUT2D eigenvalue weighted by Crippen LogP contribution is -2.20. The lowest BCUT2D eigenvalue weighted by molar-refractivity contribution is -0.147. The average molecular weight is 314 g/mol. The van der Waals surface area contributed by atoms with Crippen LogP contribution in [0.25, 0.3) is 0 Å². The molecule has 1 aliphatic rings. The maximum absolute atomic E-state index is 12.5. The Balaban J connectivity index is 1.77. The van der Waals surface area contributed by atoms with Crippen molar-refractivity contribution in [2.24, 2.45) is 5.92 Å². The molecule has 1 aliphatic carbocycles. The zero-order valence-electron chi connectivity index (χ0n) is 11.9. The van der Waals surface area contributed by atoms with Gasteiger partial charge in [-0.15, -0.1) is 0 Å². The second-order valence-corrected chi connectivity index (χ2v) is 5.15. The first-order chi connectivity index (χ1) is 10.4. The van der Waals surface area contributed by atoms with Gasteiger partial charge in [0, 0.05) is 0 Å². The Hall–Kier alpha value is -1.98. The van der Waals surface area contributed by atoms with E-state index in [4.69, 9.17) is 9.47 Å². The van der Waals surface area contributed by atoms with Crippen molar-refractivity contribution in [3.8, 4) is 5.75 Å². The van der Waals surface area contributed by atoms with E-state index in [0.717, 1.165) is 31.4 Å². The smallest absolute Gasteiger partial charge is 0.416 e. The summed E-state index contributed by atoms with van der Waals surface area (Å²) in [5, 5.41) is 0. The summed E-state index contributed by atoms with van der Waals surface area (Å²) in [6.45, 7) is -0.0843. The van der Waals surface area contributed by atoms with Gasteiger partial charge in [0.15, 0.2) is 6.61 Å². The first kappa shape index (κ1) is 16.4. The molecule has 1 aromatic carbocycles. The first-order valence-corrected chi connectivity index (χ1v) is 7.06. The van der Waals surface area contributed by atoms with Crippen molar-refractivity contribution in [3.63, 3.8) is 0 Å². The largest absolute Gasteiger partial charge is 0.482 e. The maximum atomic E-state index is 12.5. The number of hydrogen-bond donors (Lipinski definition) is 0. The van der Waals surface area contributed by atoms with Crippen LogP contribution >= 0.6 is 0 Å². The summed E-state index contributed by atoms with van der Waals surface area (Å²) in [6, 6.07) is 4.41. The lowest BCUT2D eigenvalue weighted by Gasteiger charge is -2.17. The summed E-state index contributed by atoms with van der Waals surface area (Å²) in [4.78, 5) is 11.6. The predicted molar refractivity (Wildman–Crippen MR) is 74.4 cm³/mol. The molecule has 0 aromatic heterocycles. The monoisotopic (exact) mass is 314 g/mol. The molecule has 120 valence electrons. The van der Waals surface area contributed by atoms with Crippen molar-refractivity contribution < 1.29 is 27.4 Å². The Labute approximate surface area is 126 Å². The number of rotatable bonds is 5. The number of carbonyl (C=O) groups excluding carboxylic acids is 1. The van der Waals surface area contributed by atoms with Crippen LogP contribution in [0.15, 0.2) is 36.4 Å². The quantitative estimate of drug-likeness (QED) is 0.609. The van der Waals surface area contributed by atoms with Gasteiger partial charge in [0.1, 0.15) is 5.75 Å². The van der Waals surface area contributed by atoms with E-state index in [2.05, 4.69) is 12.2 Å². The topological polar surface area (TPSA) is 35.5 Å². The Bertz CT molecular complexity index is 538. The van der Waals surface area contributed by atoms with Crippen LogP contribution < -0.4 is 4.74 Å². The fraction of sp³-hybridized carbons (Fsp3) is 0.438.